The minimum absolute atomic E-state index is 0.119. The third-order valence-corrected chi connectivity index (χ3v) is 5.19. The first-order valence-electron chi connectivity index (χ1n) is 10.1. The molecule has 2 aromatic rings. The summed E-state index contributed by atoms with van der Waals surface area (Å²) in [4.78, 5) is 29.3. The van der Waals surface area contributed by atoms with Crippen molar-refractivity contribution in [3.8, 4) is 5.75 Å². The van der Waals surface area contributed by atoms with Gasteiger partial charge in [0, 0.05) is 18.7 Å². The lowest BCUT2D eigenvalue weighted by molar-refractivity contribution is -0.140. The van der Waals surface area contributed by atoms with Crippen LogP contribution in [0.5, 0.6) is 5.75 Å². The number of amides is 1. The maximum atomic E-state index is 13.0. The monoisotopic (exact) mass is 408 g/mol. The van der Waals surface area contributed by atoms with E-state index in [2.05, 4.69) is 0 Å². The van der Waals surface area contributed by atoms with Gasteiger partial charge in [-0.05, 0) is 57.3 Å². The fourth-order valence-electron chi connectivity index (χ4n) is 3.67. The molecule has 1 aliphatic rings. The Morgan fingerprint density at radius 1 is 1.13 bits per heavy atom. The molecule has 1 aliphatic heterocycles. The minimum atomic E-state index is -0.661. The third kappa shape index (κ3) is 4.24. The van der Waals surface area contributed by atoms with Gasteiger partial charge in [-0.25, -0.2) is 0 Å². The predicted molar refractivity (Wildman–Crippen MR) is 116 cm³/mol. The van der Waals surface area contributed by atoms with Crippen LogP contribution in [-0.4, -0.2) is 60.4 Å². The van der Waals surface area contributed by atoms with Gasteiger partial charge >= 0.3 is 0 Å². The van der Waals surface area contributed by atoms with Crippen LogP contribution in [0.25, 0.3) is 5.76 Å². The van der Waals surface area contributed by atoms with E-state index in [1.54, 1.807) is 23.1 Å². The normalized spacial score (nSPS) is 18.3. The van der Waals surface area contributed by atoms with Crippen molar-refractivity contribution in [3.63, 3.8) is 0 Å². The van der Waals surface area contributed by atoms with Gasteiger partial charge in [0.15, 0.2) is 0 Å². The van der Waals surface area contributed by atoms with Gasteiger partial charge in [-0.1, -0.05) is 30.3 Å². The van der Waals surface area contributed by atoms with Crippen molar-refractivity contribution in [2.45, 2.75) is 19.9 Å². The van der Waals surface area contributed by atoms with Crippen molar-refractivity contribution < 1.29 is 19.4 Å². The lowest BCUT2D eigenvalue weighted by atomic mass is 9.95. The smallest absolute Gasteiger partial charge is 0.295 e. The van der Waals surface area contributed by atoms with Gasteiger partial charge in [0.25, 0.3) is 11.7 Å². The van der Waals surface area contributed by atoms with Crippen LogP contribution in [0.4, 0.5) is 0 Å². The van der Waals surface area contributed by atoms with Crippen LogP contribution in [0.3, 0.4) is 0 Å². The van der Waals surface area contributed by atoms with Crippen LogP contribution in [0, 0.1) is 6.92 Å². The molecule has 6 heteroatoms. The van der Waals surface area contributed by atoms with Crippen LogP contribution in [0.1, 0.15) is 29.7 Å². The van der Waals surface area contributed by atoms with E-state index in [4.69, 9.17) is 4.74 Å². The molecule has 1 unspecified atom stereocenters. The van der Waals surface area contributed by atoms with Crippen molar-refractivity contribution in [2.75, 3.05) is 33.8 Å². The van der Waals surface area contributed by atoms with Crippen LogP contribution in [0.2, 0.25) is 0 Å². The van der Waals surface area contributed by atoms with E-state index in [1.807, 2.05) is 63.2 Å². The summed E-state index contributed by atoms with van der Waals surface area (Å²) in [5.41, 5.74) is 2.25. The number of aliphatic hydroxyl groups excluding tert-OH is 1. The standard InChI is InChI=1S/C24H28N2O4/c1-5-30-19-12-11-18(15-16(19)2)22(27)20-21(17-9-7-6-8-10-17)26(14-13-25(3)4)24(29)23(20)28/h6-12,15,21,27H,5,13-14H2,1-4H3/b22-20-. The number of likely N-dealkylation sites (N-methyl/N-ethyl adjacent to an activating group) is 1. The van der Waals surface area contributed by atoms with Gasteiger partial charge < -0.3 is 19.6 Å². The zero-order valence-corrected chi connectivity index (χ0v) is 17.9. The van der Waals surface area contributed by atoms with E-state index in [-0.39, 0.29) is 11.3 Å². The molecule has 6 nitrogen and oxygen atoms in total. The number of nitrogens with zero attached hydrogens (tertiary/aromatic N) is 2. The Labute approximate surface area is 177 Å². The van der Waals surface area contributed by atoms with Gasteiger partial charge in [-0.15, -0.1) is 0 Å². The summed E-state index contributed by atoms with van der Waals surface area (Å²) in [6, 6.07) is 14.0. The van der Waals surface area contributed by atoms with E-state index in [0.29, 0.717) is 25.3 Å². The first kappa shape index (κ1) is 21.6. The first-order valence-corrected chi connectivity index (χ1v) is 10.1. The summed E-state index contributed by atoms with van der Waals surface area (Å²) in [5, 5.41) is 11.1. The number of rotatable bonds is 7. The molecule has 1 saturated heterocycles. The highest BCUT2D eigenvalue weighted by Gasteiger charge is 2.45. The molecule has 1 fully saturated rings. The number of Topliss-reactive ketones (excluding diaryl/α,β-unsaturated/α-hetero) is 1. The molecule has 0 saturated carbocycles. The number of aliphatic hydroxyl groups is 1. The SMILES string of the molecule is CCOc1ccc(/C(O)=C2/C(=O)C(=O)N(CCN(C)C)C2c2ccccc2)cc1C. The number of hydrogen-bond acceptors (Lipinski definition) is 5. The van der Waals surface area contributed by atoms with Gasteiger partial charge in [-0.3, -0.25) is 9.59 Å². The van der Waals surface area contributed by atoms with Crippen molar-refractivity contribution in [1.82, 2.24) is 9.80 Å². The number of benzene rings is 2. The Kier molecular flexibility index (Phi) is 6.57. The molecule has 158 valence electrons. The van der Waals surface area contributed by atoms with E-state index in [9.17, 15) is 14.7 Å². The zero-order valence-electron chi connectivity index (χ0n) is 17.9. The van der Waals surface area contributed by atoms with Crippen molar-refractivity contribution in [2.24, 2.45) is 0 Å². The lowest BCUT2D eigenvalue weighted by Crippen LogP contribution is -2.35. The van der Waals surface area contributed by atoms with Gasteiger partial charge in [0.2, 0.25) is 0 Å². The van der Waals surface area contributed by atoms with E-state index in [1.165, 1.54) is 0 Å². The number of carbonyl (C=O) groups is 2. The summed E-state index contributed by atoms with van der Waals surface area (Å²) in [6.07, 6.45) is 0. The number of ketones is 1. The average molecular weight is 408 g/mol. The molecule has 3 rings (SSSR count). The molecule has 0 bridgehead atoms. The van der Waals surface area contributed by atoms with Crippen LogP contribution >= 0.6 is 0 Å². The van der Waals surface area contributed by atoms with Crippen molar-refractivity contribution in [1.29, 1.82) is 0 Å². The van der Waals surface area contributed by atoms with Gasteiger partial charge in [-0.2, -0.15) is 0 Å². The van der Waals surface area contributed by atoms with Gasteiger partial charge in [0.1, 0.15) is 11.5 Å². The molecular formula is C24H28N2O4. The van der Waals surface area contributed by atoms with Gasteiger partial charge in [0.05, 0.1) is 18.2 Å². The minimum Gasteiger partial charge on any atom is -0.507 e. The van der Waals surface area contributed by atoms with E-state index >= 15 is 0 Å². The highest BCUT2D eigenvalue weighted by atomic mass is 16.5. The molecule has 1 amide bonds. The highest BCUT2D eigenvalue weighted by molar-refractivity contribution is 6.46. The second kappa shape index (κ2) is 9.13. The quantitative estimate of drug-likeness (QED) is 0.432. The lowest BCUT2D eigenvalue weighted by Gasteiger charge is -2.26. The van der Waals surface area contributed by atoms with E-state index < -0.39 is 17.7 Å². The Morgan fingerprint density at radius 3 is 2.43 bits per heavy atom. The highest BCUT2D eigenvalue weighted by Crippen LogP contribution is 2.39. The van der Waals surface area contributed by atoms with Crippen LogP contribution < -0.4 is 4.74 Å². The summed E-state index contributed by atoms with van der Waals surface area (Å²) >= 11 is 0. The number of likely N-dealkylation sites (tertiary alicyclic amines) is 1. The number of hydrogen-bond donors (Lipinski definition) is 1. The fraction of sp³-hybridized carbons (Fsp3) is 0.333. The first-order chi connectivity index (χ1) is 14.3. The molecular weight excluding hydrogens is 380 g/mol. The maximum absolute atomic E-state index is 13.0. The second-order valence-electron chi connectivity index (χ2n) is 7.62. The Morgan fingerprint density at radius 2 is 1.83 bits per heavy atom. The molecule has 0 radical (unpaired) electrons. The summed E-state index contributed by atoms with van der Waals surface area (Å²) in [6.45, 7) is 5.32. The molecule has 30 heavy (non-hydrogen) atoms. The summed E-state index contributed by atoms with van der Waals surface area (Å²) < 4.78 is 5.57. The predicted octanol–water partition coefficient (Wildman–Crippen LogP) is 3.38. The molecule has 1 N–H and O–H groups in total. The average Bonchev–Trinajstić information content (AvgIpc) is 2.98. The number of carbonyl (C=O) groups excluding carboxylic acids is 2. The van der Waals surface area contributed by atoms with Crippen LogP contribution in [0.15, 0.2) is 54.1 Å². The molecule has 1 atom stereocenters. The van der Waals surface area contributed by atoms with Crippen molar-refractivity contribution >= 4 is 17.4 Å². The second-order valence-corrected chi connectivity index (χ2v) is 7.62. The number of ether oxygens (including phenoxy) is 1. The van der Waals surface area contributed by atoms with Crippen molar-refractivity contribution in [3.05, 3.63) is 70.8 Å². The molecule has 0 aromatic heterocycles. The maximum Gasteiger partial charge on any atom is 0.295 e. The molecule has 0 aliphatic carbocycles. The topological polar surface area (TPSA) is 70.1 Å². The Bertz CT molecular complexity index is 966. The molecule has 0 spiro atoms. The fourth-order valence-corrected chi connectivity index (χ4v) is 3.67. The summed E-state index contributed by atoms with van der Waals surface area (Å²) in [5.74, 6) is -0.692. The Balaban J connectivity index is 2.10. The molecule has 2 aromatic carbocycles. The zero-order chi connectivity index (χ0) is 21.8. The largest absolute Gasteiger partial charge is 0.507 e. The third-order valence-electron chi connectivity index (χ3n) is 5.19. The van der Waals surface area contributed by atoms with E-state index in [0.717, 1.165) is 16.9 Å². The van der Waals surface area contributed by atoms with Crippen LogP contribution in [-0.2, 0) is 9.59 Å². The Hall–Kier alpha value is -3.12. The molecule has 1 heterocycles. The number of aryl methyl sites for hydroxylation is 1. The summed E-state index contributed by atoms with van der Waals surface area (Å²) in [7, 11) is 3.83.